The van der Waals surface area contributed by atoms with Gasteiger partial charge in [0.1, 0.15) is 0 Å². The largest absolute Gasteiger partial charge is 0.383 e. The Kier molecular flexibility index (Phi) is 5.02. The second kappa shape index (κ2) is 7.56. The zero-order valence-corrected chi connectivity index (χ0v) is 14.1. The van der Waals surface area contributed by atoms with Crippen LogP contribution in [0.3, 0.4) is 0 Å². The molecule has 26 heavy (non-hydrogen) atoms. The first-order valence-electron chi connectivity index (χ1n) is 8.03. The highest BCUT2D eigenvalue weighted by Gasteiger charge is 2.15. The van der Waals surface area contributed by atoms with Gasteiger partial charge in [0.25, 0.3) is 11.6 Å². The number of para-hydroxylation sites is 1. The van der Waals surface area contributed by atoms with Crippen LogP contribution in [0.5, 0.6) is 0 Å². The van der Waals surface area contributed by atoms with Crippen LogP contribution in [-0.4, -0.2) is 33.9 Å². The van der Waals surface area contributed by atoms with Crippen molar-refractivity contribution in [2.24, 2.45) is 0 Å². The fraction of sp³-hybridized carbons (Fsp3) is 0.167. The van der Waals surface area contributed by atoms with Gasteiger partial charge in [-0.25, -0.2) is 4.98 Å². The summed E-state index contributed by atoms with van der Waals surface area (Å²) in [4.78, 5) is 30.9. The average molecular weight is 351 g/mol. The molecule has 0 bridgehead atoms. The van der Waals surface area contributed by atoms with E-state index in [1.54, 1.807) is 37.4 Å². The average Bonchev–Trinajstić information content (AvgIpc) is 2.64. The predicted octanol–water partition coefficient (Wildman–Crippen LogP) is 2.69. The summed E-state index contributed by atoms with van der Waals surface area (Å²) in [7, 11) is 0. The van der Waals surface area contributed by atoms with Crippen molar-refractivity contribution in [3.8, 4) is 0 Å². The Bertz CT molecular complexity index is 960. The van der Waals surface area contributed by atoms with Crippen molar-refractivity contribution in [3.63, 3.8) is 0 Å². The van der Waals surface area contributed by atoms with E-state index in [-0.39, 0.29) is 11.6 Å². The minimum Gasteiger partial charge on any atom is -0.383 e. The Morgan fingerprint density at radius 3 is 2.81 bits per heavy atom. The molecule has 0 spiro atoms. The molecule has 2 heterocycles. The van der Waals surface area contributed by atoms with Crippen molar-refractivity contribution in [2.45, 2.75) is 6.92 Å². The third-order valence-corrected chi connectivity index (χ3v) is 3.79. The highest BCUT2D eigenvalue weighted by Crippen LogP contribution is 2.29. The summed E-state index contributed by atoms with van der Waals surface area (Å²) in [6.07, 6.45) is 3.11. The molecular formula is C18H17N5O3. The Balaban J connectivity index is 1.70. The van der Waals surface area contributed by atoms with E-state index >= 15 is 0 Å². The SMILES string of the molecule is Cc1cc(NCCNC(=O)c2cccnc2)c2cccc([N+](=O)[O-])c2n1. The molecule has 0 aliphatic carbocycles. The lowest BCUT2D eigenvalue weighted by molar-refractivity contribution is -0.383. The van der Waals surface area contributed by atoms with Crippen LogP contribution in [0.2, 0.25) is 0 Å². The summed E-state index contributed by atoms with van der Waals surface area (Å²) in [5.41, 5.74) is 2.23. The van der Waals surface area contributed by atoms with Gasteiger partial charge in [0.15, 0.2) is 5.52 Å². The number of benzene rings is 1. The molecule has 8 heteroatoms. The molecule has 0 radical (unpaired) electrons. The third kappa shape index (κ3) is 3.75. The summed E-state index contributed by atoms with van der Waals surface area (Å²) in [5.74, 6) is -0.202. The number of nitro groups is 1. The van der Waals surface area contributed by atoms with Crippen molar-refractivity contribution in [1.29, 1.82) is 0 Å². The maximum atomic E-state index is 12.0. The van der Waals surface area contributed by atoms with Crippen molar-refractivity contribution in [1.82, 2.24) is 15.3 Å². The molecule has 2 N–H and O–H groups in total. The van der Waals surface area contributed by atoms with E-state index in [0.717, 1.165) is 5.69 Å². The lowest BCUT2D eigenvalue weighted by atomic mass is 10.1. The molecule has 1 aromatic carbocycles. The van der Waals surface area contributed by atoms with Crippen LogP contribution in [-0.2, 0) is 0 Å². The number of amides is 1. The van der Waals surface area contributed by atoms with Gasteiger partial charge in [-0.2, -0.15) is 0 Å². The fourth-order valence-electron chi connectivity index (χ4n) is 2.63. The highest BCUT2D eigenvalue weighted by molar-refractivity contribution is 5.97. The predicted molar refractivity (Wildman–Crippen MR) is 98.2 cm³/mol. The van der Waals surface area contributed by atoms with Gasteiger partial charge in [-0.15, -0.1) is 0 Å². The van der Waals surface area contributed by atoms with Crippen LogP contribution in [0.4, 0.5) is 11.4 Å². The van der Waals surface area contributed by atoms with E-state index in [0.29, 0.717) is 35.2 Å². The van der Waals surface area contributed by atoms with Gasteiger partial charge in [-0.3, -0.25) is 19.9 Å². The summed E-state index contributed by atoms with van der Waals surface area (Å²) >= 11 is 0. The molecule has 0 aliphatic heterocycles. The highest BCUT2D eigenvalue weighted by atomic mass is 16.6. The van der Waals surface area contributed by atoms with Gasteiger partial charge in [-0.1, -0.05) is 12.1 Å². The minimum absolute atomic E-state index is 0.0286. The van der Waals surface area contributed by atoms with Crippen molar-refractivity contribution in [3.05, 3.63) is 70.2 Å². The lowest BCUT2D eigenvalue weighted by Crippen LogP contribution is -2.28. The number of aromatic nitrogens is 2. The summed E-state index contributed by atoms with van der Waals surface area (Å²) in [6, 6.07) is 10.1. The van der Waals surface area contributed by atoms with Crippen LogP contribution in [0.25, 0.3) is 10.9 Å². The van der Waals surface area contributed by atoms with E-state index in [2.05, 4.69) is 20.6 Å². The van der Waals surface area contributed by atoms with E-state index in [1.807, 2.05) is 6.07 Å². The number of hydrogen-bond donors (Lipinski definition) is 2. The van der Waals surface area contributed by atoms with Gasteiger partial charge >= 0.3 is 0 Å². The molecule has 8 nitrogen and oxygen atoms in total. The van der Waals surface area contributed by atoms with Crippen molar-refractivity contribution >= 4 is 28.2 Å². The molecule has 0 saturated heterocycles. The molecule has 1 amide bonds. The van der Waals surface area contributed by atoms with Crippen LogP contribution in [0, 0.1) is 17.0 Å². The molecule has 2 aromatic heterocycles. The smallest absolute Gasteiger partial charge is 0.295 e. The maximum Gasteiger partial charge on any atom is 0.295 e. The van der Waals surface area contributed by atoms with Crippen molar-refractivity contribution < 1.29 is 9.72 Å². The monoisotopic (exact) mass is 351 g/mol. The van der Waals surface area contributed by atoms with Crippen LogP contribution < -0.4 is 10.6 Å². The van der Waals surface area contributed by atoms with E-state index in [1.165, 1.54) is 12.3 Å². The number of anilines is 1. The van der Waals surface area contributed by atoms with Gasteiger partial charge in [0, 0.05) is 48.3 Å². The van der Waals surface area contributed by atoms with Crippen LogP contribution in [0.1, 0.15) is 16.1 Å². The number of nitro benzene ring substituents is 1. The molecule has 0 unspecified atom stereocenters. The second-order valence-electron chi connectivity index (χ2n) is 5.67. The normalized spacial score (nSPS) is 10.5. The summed E-state index contributed by atoms with van der Waals surface area (Å²) in [5, 5.41) is 17.9. The zero-order valence-electron chi connectivity index (χ0n) is 14.1. The Hall–Kier alpha value is -3.55. The van der Waals surface area contributed by atoms with Gasteiger partial charge in [0.05, 0.1) is 10.5 Å². The number of rotatable bonds is 6. The molecule has 3 rings (SSSR count). The molecule has 0 fully saturated rings. The summed E-state index contributed by atoms with van der Waals surface area (Å²) in [6.45, 7) is 2.64. The third-order valence-electron chi connectivity index (χ3n) is 3.79. The Labute approximate surface area is 149 Å². The molecule has 3 aromatic rings. The number of carbonyl (C=O) groups is 1. The van der Waals surface area contributed by atoms with Crippen LogP contribution >= 0.6 is 0 Å². The maximum absolute atomic E-state index is 12.0. The number of carbonyl (C=O) groups excluding carboxylic acids is 1. The first-order chi connectivity index (χ1) is 12.6. The topological polar surface area (TPSA) is 110 Å². The number of fused-ring (bicyclic) bond motifs is 1. The van der Waals surface area contributed by atoms with E-state index in [4.69, 9.17) is 0 Å². The second-order valence-corrected chi connectivity index (χ2v) is 5.67. The lowest BCUT2D eigenvalue weighted by Gasteiger charge is -2.11. The van der Waals surface area contributed by atoms with Gasteiger partial charge < -0.3 is 10.6 Å². The quantitative estimate of drug-likeness (QED) is 0.401. The number of hydrogen-bond acceptors (Lipinski definition) is 6. The van der Waals surface area contributed by atoms with Crippen LogP contribution in [0.15, 0.2) is 48.8 Å². The van der Waals surface area contributed by atoms with Crippen molar-refractivity contribution in [2.75, 3.05) is 18.4 Å². The van der Waals surface area contributed by atoms with Gasteiger partial charge in [0.2, 0.25) is 0 Å². The van der Waals surface area contributed by atoms with E-state index in [9.17, 15) is 14.9 Å². The Morgan fingerprint density at radius 2 is 2.08 bits per heavy atom. The van der Waals surface area contributed by atoms with Gasteiger partial charge in [-0.05, 0) is 25.1 Å². The molecular weight excluding hydrogens is 334 g/mol. The Morgan fingerprint density at radius 1 is 1.23 bits per heavy atom. The minimum atomic E-state index is -0.438. The molecule has 0 aliphatic rings. The number of aryl methyl sites for hydroxylation is 1. The zero-order chi connectivity index (χ0) is 18.5. The first-order valence-corrected chi connectivity index (χ1v) is 8.03. The molecule has 0 atom stereocenters. The number of nitrogens with one attached hydrogen (secondary N) is 2. The standard InChI is InChI=1S/C18H17N5O3/c1-12-10-15(14-5-2-6-16(23(25)26)17(14)22-12)20-8-9-21-18(24)13-4-3-7-19-11-13/h2-7,10-11H,8-9H2,1H3,(H,20,22)(H,21,24). The van der Waals surface area contributed by atoms with E-state index < -0.39 is 4.92 Å². The summed E-state index contributed by atoms with van der Waals surface area (Å²) < 4.78 is 0. The number of pyridine rings is 2. The molecule has 0 saturated carbocycles. The number of non-ortho nitro benzene ring substituents is 1. The fourth-order valence-corrected chi connectivity index (χ4v) is 2.63. The first kappa shape index (κ1) is 17.3. The number of nitrogens with zero attached hydrogens (tertiary/aromatic N) is 3. The molecule has 132 valence electrons.